The van der Waals surface area contributed by atoms with Crippen molar-refractivity contribution < 1.29 is 45.6 Å². The molecule has 0 heterocycles. The third kappa shape index (κ3) is 11.2. The zero-order valence-electron chi connectivity index (χ0n) is 29.2. The summed E-state index contributed by atoms with van der Waals surface area (Å²) in [5, 5.41) is 81.9. The molecule has 9 nitrogen and oxygen atoms in total. The lowest BCUT2D eigenvalue weighted by Gasteiger charge is -2.22. The molecule has 0 aliphatic rings. The van der Waals surface area contributed by atoms with Gasteiger partial charge in [0.25, 0.3) is 0 Å². The molecule has 0 aliphatic heterocycles. The summed E-state index contributed by atoms with van der Waals surface area (Å²) in [6.45, 7) is 0. The van der Waals surface area contributed by atoms with Gasteiger partial charge in [0, 0.05) is 23.5 Å². The molecule has 0 aromatic heterocycles. The van der Waals surface area contributed by atoms with Crippen molar-refractivity contribution >= 4 is 5.78 Å². The summed E-state index contributed by atoms with van der Waals surface area (Å²) in [5.41, 5.74) is 2.45. The monoisotopic (exact) mass is 700 g/mol. The molecule has 0 fully saturated rings. The summed E-state index contributed by atoms with van der Waals surface area (Å²) in [5.74, 6) is -2.29. The maximum Gasteiger partial charge on any atom is 0.170 e. The van der Waals surface area contributed by atoms with Gasteiger partial charge in [0.15, 0.2) is 28.8 Å². The Labute approximate surface area is 300 Å². The Bertz CT molecular complexity index is 1710. The first kappa shape index (κ1) is 38.7. The van der Waals surface area contributed by atoms with E-state index in [4.69, 9.17) is 0 Å². The Morgan fingerprint density at radius 1 is 0.471 bits per heavy atom. The molecule has 0 amide bonds. The van der Waals surface area contributed by atoms with E-state index >= 15 is 0 Å². The van der Waals surface area contributed by atoms with Crippen LogP contribution in [0.4, 0.5) is 0 Å². The van der Waals surface area contributed by atoms with Crippen LogP contribution in [0.25, 0.3) is 0 Å². The molecular weight excluding hydrogens is 648 g/mol. The summed E-state index contributed by atoms with van der Waals surface area (Å²) in [6, 6.07) is 17.2. The van der Waals surface area contributed by atoms with Gasteiger partial charge in [-0.3, -0.25) is 4.79 Å². The van der Waals surface area contributed by atoms with Crippen molar-refractivity contribution in [3.05, 3.63) is 94.5 Å². The molecule has 0 aliphatic carbocycles. The van der Waals surface area contributed by atoms with Crippen LogP contribution in [0.3, 0.4) is 0 Å². The van der Waals surface area contributed by atoms with Gasteiger partial charge in [0.1, 0.15) is 28.6 Å². The fraction of sp³-hybridized carbons (Fsp3) is 0.405. The number of benzene rings is 4. The highest BCUT2D eigenvalue weighted by atomic mass is 16.3. The third-order valence-electron chi connectivity index (χ3n) is 9.66. The standard InChI is InChI=1S/C42H52O9/c43-32-23-20-28(26-38(32)49)14-9-5-1-3-7-11-16-30(40-34(45)18-13-19-35(40)46)31-22-25-37(48)41(42(31)51)36(47)17-12-8-4-2-6-10-15-29-21-24-33(44)39(50)27-29/h13,18-27,30,43-46,48-51H,1-12,14-17H2/t30-/m1/s1. The van der Waals surface area contributed by atoms with Gasteiger partial charge < -0.3 is 40.9 Å². The fourth-order valence-electron chi connectivity index (χ4n) is 6.79. The second-order valence-corrected chi connectivity index (χ2v) is 13.5. The van der Waals surface area contributed by atoms with Crippen molar-refractivity contribution in [3.8, 4) is 46.0 Å². The fourth-order valence-corrected chi connectivity index (χ4v) is 6.79. The van der Waals surface area contributed by atoms with Crippen LogP contribution >= 0.6 is 0 Å². The number of carbonyl (C=O) groups excluding carboxylic acids is 1. The minimum absolute atomic E-state index is 0.109. The van der Waals surface area contributed by atoms with Crippen LogP contribution in [0.5, 0.6) is 46.0 Å². The molecular formula is C42H52O9. The predicted octanol–water partition coefficient (Wildman–Crippen LogP) is 9.59. The van der Waals surface area contributed by atoms with Gasteiger partial charge in [-0.25, -0.2) is 0 Å². The quantitative estimate of drug-likeness (QED) is 0.0239. The van der Waals surface area contributed by atoms with Gasteiger partial charge in [0.2, 0.25) is 0 Å². The maximum absolute atomic E-state index is 13.3. The average molecular weight is 701 g/mol. The van der Waals surface area contributed by atoms with Gasteiger partial charge in [-0.2, -0.15) is 0 Å². The summed E-state index contributed by atoms with van der Waals surface area (Å²) >= 11 is 0. The Morgan fingerprint density at radius 3 is 1.47 bits per heavy atom. The SMILES string of the molecule is O=C(CCCCCCCCc1ccc(O)c(O)c1)c1c(O)ccc([C@@H](CCCCCCCCc2ccc(O)c(O)c2)c2c(O)cccc2O)c1O. The van der Waals surface area contributed by atoms with Crippen molar-refractivity contribution in [1.82, 2.24) is 0 Å². The van der Waals surface area contributed by atoms with E-state index in [0.29, 0.717) is 18.4 Å². The number of aromatic hydroxyl groups is 8. The van der Waals surface area contributed by atoms with E-state index in [1.54, 1.807) is 24.3 Å². The zero-order chi connectivity index (χ0) is 36.8. The molecule has 0 radical (unpaired) electrons. The van der Waals surface area contributed by atoms with Crippen LogP contribution < -0.4 is 0 Å². The number of phenols is 8. The Balaban J connectivity index is 1.28. The molecule has 4 aromatic carbocycles. The lowest BCUT2D eigenvalue weighted by Crippen LogP contribution is -2.07. The topological polar surface area (TPSA) is 179 Å². The van der Waals surface area contributed by atoms with E-state index in [2.05, 4.69) is 0 Å². The van der Waals surface area contributed by atoms with Gasteiger partial charge in [-0.05, 0) is 92.1 Å². The van der Waals surface area contributed by atoms with Gasteiger partial charge in [-0.15, -0.1) is 0 Å². The van der Waals surface area contributed by atoms with E-state index in [9.17, 15) is 45.6 Å². The van der Waals surface area contributed by atoms with Crippen LogP contribution in [-0.4, -0.2) is 46.6 Å². The number of Topliss-reactive ketones (excluding diaryl/α,β-unsaturated/α-hetero) is 1. The second kappa shape index (κ2) is 19.4. The van der Waals surface area contributed by atoms with Gasteiger partial charge in [-0.1, -0.05) is 82.1 Å². The molecule has 1 atom stereocenters. The van der Waals surface area contributed by atoms with Crippen molar-refractivity contribution in [2.45, 2.75) is 109 Å². The van der Waals surface area contributed by atoms with Crippen LogP contribution in [-0.2, 0) is 12.8 Å². The molecule has 9 heteroatoms. The molecule has 0 saturated heterocycles. The second-order valence-electron chi connectivity index (χ2n) is 13.5. The van der Waals surface area contributed by atoms with Crippen LogP contribution in [0.1, 0.15) is 128 Å². The number of hydrogen-bond acceptors (Lipinski definition) is 9. The molecule has 0 unspecified atom stereocenters. The normalized spacial score (nSPS) is 11.8. The van der Waals surface area contributed by atoms with Crippen molar-refractivity contribution in [2.75, 3.05) is 0 Å². The average Bonchev–Trinajstić information content (AvgIpc) is 3.09. The Hall–Kier alpha value is -5.05. The molecule has 0 saturated carbocycles. The first-order valence-electron chi connectivity index (χ1n) is 18.2. The number of aryl methyl sites for hydroxylation is 2. The summed E-state index contributed by atoms with van der Waals surface area (Å²) in [6.07, 6.45) is 13.1. The third-order valence-corrected chi connectivity index (χ3v) is 9.66. The van der Waals surface area contributed by atoms with E-state index in [-0.39, 0.29) is 69.3 Å². The van der Waals surface area contributed by atoms with E-state index < -0.39 is 5.92 Å². The first-order chi connectivity index (χ1) is 24.6. The lowest BCUT2D eigenvalue weighted by molar-refractivity contribution is 0.0973. The molecule has 8 N–H and O–H groups in total. The number of carbonyl (C=O) groups is 1. The molecule has 0 bridgehead atoms. The number of hydrogen-bond donors (Lipinski definition) is 8. The Morgan fingerprint density at radius 2 is 0.941 bits per heavy atom. The van der Waals surface area contributed by atoms with E-state index in [1.807, 2.05) is 6.07 Å². The smallest absolute Gasteiger partial charge is 0.170 e. The summed E-state index contributed by atoms with van der Waals surface area (Å²) in [7, 11) is 0. The molecule has 4 rings (SSSR count). The highest BCUT2D eigenvalue weighted by Crippen LogP contribution is 2.46. The highest BCUT2D eigenvalue weighted by molar-refractivity contribution is 6.01. The number of ketones is 1. The largest absolute Gasteiger partial charge is 0.508 e. The summed E-state index contributed by atoms with van der Waals surface area (Å²) in [4.78, 5) is 13.3. The van der Waals surface area contributed by atoms with Gasteiger partial charge in [0.05, 0.1) is 0 Å². The van der Waals surface area contributed by atoms with Crippen molar-refractivity contribution in [2.24, 2.45) is 0 Å². The summed E-state index contributed by atoms with van der Waals surface area (Å²) < 4.78 is 0. The first-order valence-corrected chi connectivity index (χ1v) is 18.2. The number of rotatable bonds is 21. The molecule has 274 valence electrons. The van der Waals surface area contributed by atoms with Gasteiger partial charge >= 0.3 is 0 Å². The number of phenolic OH excluding ortho intramolecular Hbond substituents is 8. The molecule has 4 aromatic rings. The van der Waals surface area contributed by atoms with E-state index in [1.165, 1.54) is 36.4 Å². The maximum atomic E-state index is 13.3. The predicted molar refractivity (Wildman–Crippen MR) is 197 cm³/mol. The number of unbranched alkanes of at least 4 members (excludes halogenated alkanes) is 10. The van der Waals surface area contributed by atoms with Crippen molar-refractivity contribution in [1.29, 1.82) is 0 Å². The molecule has 51 heavy (non-hydrogen) atoms. The molecule has 0 spiro atoms. The Kier molecular flexibility index (Phi) is 14.7. The van der Waals surface area contributed by atoms with E-state index in [0.717, 1.165) is 94.6 Å². The van der Waals surface area contributed by atoms with Crippen LogP contribution in [0, 0.1) is 0 Å². The minimum atomic E-state index is -0.605. The minimum Gasteiger partial charge on any atom is -0.508 e. The van der Waals surface area contributed by atoms with Crippen LogP contribution in [0.2, 0.25) is 0 Å². The lowest BCUT2D eigenvalue weighted by atomic mass is 9.83. The van der Waals surface area contributed by atoms with Crippen molar-refractivity contribution in [3.63, 3.8) is 0 Å². The highest BCUT2D eigenvalue weighted by Gasteiger charge is 2.28. The zero-order valence-corrected chi connectivity index (χ0v) is 29.2. The van der Waals surface area contributed by atoms with Crippen LogP contribution in [0.15, 0.2) is 66.7 Å².